The Morgan fingerprint density at radius 1 is 1.50 bits per heavy atom. The second-order valence-corrected chi connectivity index (χ2v) is 4.91. The number of hydrogen-bond acceptors (Lipinski definition) is 3. The van der Waals surface area contributed by atoms with Gasteiger partial charge in [0.2, 0.25) is 0 Å². The molecule has 0 aromatic heterocycles. The lowest BCUT2D eigenvalue weighted by atomic mass is 10.0. The molecule has 0 aliphatic carbocycles. The van der Waals surface area contributed by atoms with Crippen molar-refractivity contribution in [1.29, 1.82) is 0 Å². The monoisotopic (exact) mass is 226 g/mol. The van der Waals surface area contributed by atoms with Gasteiger partial charge in [0.1, 0.15) is 6.04 Å². The lowest BCUT2D eigenvalue weighted by Gasteiger charge is -2.33. The zero-order chi connectivity index (χ0) is 11.5. The molecule has 0 bridgehead atoms. The smallest absolute Gasteiger partial charge is 0.320 e. The van der Waals surface area contributed by atoms with Crippen molar-refractivity contribution in [3.63, 3.8) is 0 Å². The van der Waals surface area contributed by atoms with E-state index in [1.165, 1.54) is 12.8 Å². The second kappa shape index (κ2) is 5.15. The van der Waals surface area contributed by atoms with E-state index in [4.69, 9.17) is 0 Å². The van der Waals surface area contributed by atoms with Crippen molar-refractivity contribution < 1.29 is 9.90 Å². The lowest BCUT2D eigenvalue weighted by molar-refractivity contribution is -0.144. The summed E-state index contributed by atoms with van der Waals surface area (Å²) < 4.78 is 0. The Bertz CT molecular complexity index is 251. The fourth-order valence-electron chi connectivity index (χ4n) is 3.22. The van der Waals surface area contributed by atoms with Gasteiger partial charge in [0.05, 0.1) is 0 Å². The fraction of sp³-hybridized carbons (Fsp3) is 0.917. The minimum absolute atomic E-state index is 0.283. The summed E-state index contributed by atoms with van der Waals surface area (Å²) in [6, 6.07) is 0.689. The van der Waals surface area contributed by atoms with Crippen molar-refractivity contribution in [2.75, 3.05) is 13.1 Å². The van der Waals surface area contributed by atoms with Crippen molar-refractivity contribution in [3.05, 3.63) is 0 Å². The Morgan fingerprint density at radius 3 is 2.88 bits per heavy atom. The zero-order valence-corrected chi connectivity index (χ0v) is 9.98. The molecule has 0 spiro atoms. The number of aliphatic carboxylic acids is 1. The normalized spacial score (nSPS) is 33.1. The Morgan fingerprint density at radius 2 is 2.31 bits per heavy atom. The van der Waals surface area contributed by atoms with E-state index in [0.29, 0.717) is 18.5 Å². The minimum Gasteiger partial charge on any atom is -0.480 e. The van der Waals surface area contributed by atoms with Gasteiger partial charge in [0.15, 0.2) is 0 Å². The third-order valence-electron chi connectivity index (χ3n) is 3.98. The van der Waals surface area contributed by atoms with E-state index in [1.807, 2.05) is 6.92 Å². The maximum Gasteiger partial charge on any atom is 0.320 e. The highest BCUT2D eigenvalue weighted by molar-refractivity contribution is 5.73. The molecule has 0 amide bonds. The molecule has 3 atom stereocenters. The molecule has 2 aliphatic heterocycles. The van der Waals surface area contributed by atoms with Crippen LogP contribution in [0.3, 0.4) is 0 Å². The van der Waals surface area contributed by atoms with E-state index >= 15 is 0 Å². The predicted molar refractivity (Wildman–Crippen MR) is 62.5 cm³/mol. The quantitative estimate of drug-likeness (QED) is 0.753. The van der Waals surface area contributed by atoms with Gasteiger partial charge in [-0.1, -0.05) is 6.92 Å². The molecule has 2 rings (SSSR count). The first-order valence-corrected chi connectivity index (χ1v) is 6.46. The molecule has 0 radical (unpaired) electrons. The van der Waals surface area contributed by atoms with Gasteiger partial charge in [-0.15, -0.1) is 0 Å². The molecular weight excluding hydrogens is 204 g/mol. The Balaban J connectivity index is 2.03. The number of rotatable bonds is 4. The van der Waals surface area contributed by atoms with Crippen LogP contribution in [-0.2, 0) is 4.79 Å². The summed E-state index contributed by atoms with van der Waals surface area (Å²) in [5, 5.41) is 12.7. The van der Waals surface area contributed by atoms with Crippen molar-refractivity contribution in [2.24, 2.45) is 0 Å². The molecule has 2 saturated heterocycles. The number of carbonyl (C=O) groups is 1. The van der Waals surface area contributed by atoms with Gasteiger partial charge >= 0.3 is 5.97 Å². The van der Waals surface area contributed by atoms with Gasteiger partial charge in [0, 0.05) is 12.1 Å². The summed E-state index contributed by atoms with van der Waals surface area (Å²) in [6.07, 6.45) is 5.45. The molecular formula is C12H22N2O2. The molecule has 2 aliphatic rings. The van der Waals surface area contributed by atoms with Crippen molar-refractivity contribution in [2.45, 2.75) is 57.2 Å². The van der Waals surface area contributed by atoms with Gasteiger partial charge < -0.3 is 10.4 Å². The van der Waals surface area contributed by atoms with E-state index < -0.39 is 5.97 Å². The van der Waals surface area contributed by atoms with Crippen LogP contribution in [0.25, 0.3) is 0 Å². The minimum atomic E-state index is -0.660. The summed E-state index contributed by atoms with van der Waals surface area (Å²) in [7, 11) is 0. The summed E-state index contributed by atoms with van der Waals surface area (Å²) in [6.45, 7) is 4.02. The average Bonchev–Trinajstić information content (AvgIpc) is 2.86. The highest BCUT2D eigenvalue weighted by atomic mass is 16.4. The maximum atomic E-state index is 11.2. The van der Waals surface area contributed by atoms with E-state index in [9.17, 15) is 9.90 Å². The van der Waals surface area contributed by atoms with Crippen LogP contribution in [0.5, 0.6) is 0 Å². The molecule has 0 aromatic carbocycles. The van der Waals surface area contributed by atoms with Crippen LogP contribution in [0.15, 0.2) is 0 Å². The molecule has 0 saturated carbocycles. The van der Waals surface area contributed by atoms with Crippen molar-refractivity contribution >= 4 is 5.97 Å². The number of nitrogens with zero attached hydrogens (tertiary/aromatic N) is 1. The summed E-state index contributed by atoms with van der Waals surface area (Å²) in [5.74, 6) is -0.660. The molecule has 3 unspecified atom stereocenters. The highest BCUT2D eigenvalue weighted by Crippen LogP contribution is 2.27. The van der Waals surface area contributed by atoms with Crippen molar-refractivity contribution in [1.82, 2.24) is 10.2 Å². The molecule has 2 heterocycles. The largest absolute Gasteiger partial charge is 0.480 e. The third kappa shape index (κ3) is 2.23. The summed E-state index contributed by atoms with van der Waals surface area (Å²) in [4.78, 5) is 13.4. The Kier molecular flexibility index (Phi) is 3.82. The molecule has 2 fully saturated rings. The first-order chi connectivity index (χ1) is 7.74. The topological polar surface area (TPSA) is 52.6 Å². The number of likely N-dealkylation sites (tertiary alicyclic amines) is 1. The van der Waals surface area contributed by atoms with Crippen LogP contribution >= 0.6 is 0 Å². The fourth-order valence-corrected chi connectivity index (χ4v) is 3.22. The highest BCUT2D eigenvalue weighted by Gasteiger charge is 2.38. The first-order valence-electron chi connectivity index (χ1n) is 6.46. The van der Waals surface area contributed by atoms with E-state index in [-0.39, 0.29) is 6.04 Å². The van der Waals surface area contributed by atoms with Crippen LogP contribution in [0, 0.1) is 0 Å². The maximum absolute atomic E-state index is 11.2. The number of hydrogen-bond donors (Lipinski definition) is 2. The molecule has 0 aromatic rings. The summed E-state index contributed by atoms with van der Waals surface area (Å²) in [5.41, 5.74) is 0. The number of carboxylic acid groups (broad SMARTS) is 1. The van der Waals surface area contributed by atoms with Gasteiger partial charge in [-0.25, -0.2) is 0 Å². The molecule has 4 heteroatoms. The Labute approximate surface area is 97.0 Å². The lowest BCUT2D eigenvalue weighted by Crippen LogP contribution is -2.50. The van der Waals surface area contributed by atoms with Crippen LogP contribution in [0.4, 0.5) is 0 Å². The third-order valence-corrected chi connectivity index (χ3v) is 3.98. The van der Waals surface area contributed by atoms with Gasteiger partial charge in [0.25, 0.3) is 0 Å². The first kappa shape index (κ1) is 11.9. The van der Waals surface area contributed by atoms with Crippen LogP contribution in [-0.4, -0.2) is 47.2 Å². The average molecular weight is 226 g/mol. The van der Waals surface area contributed by atoms with Gasteiger partial charge in [-0.2, -0.15) is 0 Å². The summed E-state index contributed by atoms with van der Waals surface area (Å²) >= 11 is 0. The van der Waals surface area contributed by atoms with Crippen LogP contribution in [0.2, 0.25) is 0 Å². The molecule has 16 heavy (non-hydrogen) atoms. The number of carboxylic acids is 1. The number of nitrogens with one attached hydrogen (secondary N) is 1. The van der Waals surface area contributed by atoms with Crippen LogP contribution in [0.1, 0.15) is 39.0 Å². The SMILES string of the molecule is CCC(C(=O)O)N1CCCC1C1CCCN1. The van der Waals surface area contributed by atoms with Gasteiger partial charge in [-0.05, 0) is 45.2 Å². The van der Waals surface area contributed by atoms with Crippen molar-refractivity contribution in [3.8, 4) is 0 Å². The molecule has 2 N–H and O–H groups in total. The van der Waals surface area contributed by atoms with E-state index in [1.54, 1.807) is 0 Å². The van der Waals surface area contributed by atoms with E-state index in [0.717, 1.165) is 25.9 Å². The standard InChI is InChI=1S/C12H22N2O2/c1-2-10(12(15)16)14-8-4-6-11(14)9-5-3-7-13-9/h9-11,13H,2-8H2,1H3,(H,15,16). The second-order valence-electron chi connectivity index (χ2n) is 4.91. The molecule has 92 valence electrons. The Hall–Kier alpha value is -0.610. The van der Waals surface area contributed by atoms with Gasteiger partial charge in [-0.3, -0.25) is 9.69 Å². The zero-order valence-electron chi connectivity index (χ0n) is 9.98. The predicted octanol–water partition coefficient (Wildman–Crippen LogP) is 1.07. The van der Waals surface area contributed by atoms with Crippen LogP contribution < -0.4 is 5.32 Å². The van der Waals surface area contributed by atoms with E-state index in [2.05, 4.69) is 10.2 Å². The molecule has 4 nitrogen and oxygen atoms in total.